The van der Waals surface area contributed by atoms with Crippen LogP contribution in [-0.4, -0.2) is 46.1 Å². The predicted molar refractivity (Wildman–Crippen MR) is 72.6 cm³/mol. The highest BCUT2D eigenvalue weighted by atomic mass is 19.3. The minimum atomic E-state index is -3.01. The van der Waals surface area contributed by atoms with Crippen molar-refractivity contribution in [2.75, 3.05) is 0 Å². The number of halogens is 2. The van der Waals surface area contributed by atoms with E-state index in [9.17, 15) is 8.78 Å². The average molecular weight is 318 g/mol. The summed E-state index contributed by atoms with van der Waals surface area (Å²) in [7, 11) is 0. The molecule has 0 atom stereocenters. The first kappa shape index (κ1) is 13.3. The predicted octanol–water partition coefficient (Wildman–Crippen LogP) is 1.51. The first-order valence-corrected chi connectivity index (χ1v) is 6.42. The molecule has 4 rings (SSSR count). The molecule has 0 spiro atoms. The van der Waals surface area contributed by atoms with E-state index in [0.717, 1.165) is 0 Å². The van der Waals surface area contributed by atoms with Gasteiger partial charge in [-0.15, -0.1) is 5.10 Å². The molecule has 0 radical (unpaired) electrons. The maximum Gasteiger partial charge on any atom is 0.389 e. The summed E-state index contributed by atoms with van der Waals surface area (Å²) < 4.78 is 30.4. The van der Waals surface area contributed by atoms with Crippen LogP contribution in [0.4, 0.5) is 8.78 Å². The number of nitrogens with one attached hydrogen (secondary N) is 2. The zero-order chi connectivity index (χ0) is 15.8. The molecule has 4 aromatic rings. The molecule has 0 aliphatic rings. The molecule has 23 heavy (non-hydrogen) atoms. The summed E-state index contributed by atoms with van der Waals surface area (Å²) in [4.78, 5) is 19.3. The van der Waals surface area contributed by atoms with E-state index in [1.165, 1.54) is 6.33 Å². The molecule has 2 N–H and O–H groups in total. The minimum Gasteiger partial charge on any atom is -0.400 e. The van der Waals surface area contributed by atoms with Crippen molar-refractivity contribution < 1.29 is 13.5 Å². The van der Waals surface area contributed by atoms with Gasteiger partial charge in [0.15, 0.2) is 5.82 Å². The Morgan fingerprint density at radius 1 is 1.26 bits per heavy atom. The molecule has 0 bridgehead atoms. The number of fused-ring (bicyclic) bond motifs is 1. The molecule has 0 amide bonds. The third-order valence-corrected chi connectivity index (χ3v) is 3.04. The van der Waals surface area contributed by atoms with Crippen molar-refractivity contribution in [3.05, 3.63) is 31.0 Å². The van der Waals surface area contributed by atoms with Crippen molar-refractivity contribution in [2.45, 2.75) is 6.61 Å². The second kappa shape index (κ2) is 5.12. The largest absolute Gasteiger partial charge is 0.400 e. The Morgan fingerprint density at radius 3 is 2.96 bits per heavy atom. The van der Waals surface area contributed by atoms with Crippen LogP contribution in [0.25, 0.3) is 28.7 Å². The van der Waals surface area contributed by atoms with Crippen LogP contribution in [0.3, 0.4) is 0 Å². The lowest BCUT2D eigenvalue weighted by molar-refractivity contribution is -0.0558. The summed E-state index contributed by atoms with van der Waals surface area (Å²) in [5.74, 6) is 0.593. The van der Waals surface area contributed by atoms with Gasteiger partial charge >= 0.3 is 12.6 Å². The molecule has 0 aliphatic carbocycles. The van der Waals surface area contributed by atoms with Gasteiger partial charge in [-0.05, 0) is 6.07 Å². The maximum atomic E-state index is 12.2. The monoisotopic (exact) mass is 318 g/mol. The third kappa shape index (κ3) is 2.27. The summed E-state index contributed by atoms with van der Waals surface area (Å²) in [5, 5.41) is 6.12. The average Bonchev–Trinajstić information content (AvgIpc) is 3.24. The zero-order valence-electron chi connectivity index (χ0n) is 11.3. The standard InChI is InChI=1S/C12H8F2N8O/c13-10(14)23-12-19-9(20-21-12)7-8(6-4-15-5-17-6)22-3-1-2-16-11(22)18-7/h1-5,10H,(H,15,17)(H,19,20,21). The van der Waals surface area contributed by atoms with Gasteiger partial charge in [-0.2, -0.15) is 13.8 Å². The van der Waals surface area contributed by atoms with E-state index in [-0.39, 0.29) is 5.82 Å². The maximum absolute atomic E-state index is 12.2. The van der Waals surface area contributed by atoms with Gasteiger partial charge < -0.3 is 9.72 Å². The lowest BCUT2D eigenvalue weighted by Crippen LogP contribution is -2.03. The second-order valence-electron chi connectivity index (χ2n) is 4.41. The molecular weight excluding hydrogens is 310 g/mol. The minimum absolute atomic E-state index is 0.177. The van der Waals surface area contributed by atoms with Gasteiger partial charge in [-0.3, -0.25) is 9.50 Å². The quantitative estimate of drug-likeness (QED) is 0.590. The van der Waals surface area contributed by atoms with Crippen LogP contribution in [-0.2, 0) is 0 Å². The number of nitrogens with zero attached hydrogens (tertiary/aromatic N) is 6. The summed E-state index contributed by atoms with van der Waals surface area (Å²) in [6.45, 7) is -3.01. The Bertz CT molecular complexity index is 945. The number of ether oxygens (including phenoxy) is 1. The summed E-state index contributed by atoms with van der Waals surface area (Å²) in [6.07, 6.45) is 6.48. The Labute approximate surface area is 126 Å². The number of aromatic amines is 2. The molecule has 0 saturated carbocycles. The van der Waals surface area contributed by atoms with Crippen LogP contribution in [0.2, 0.25) is 0 Å². The molecule has 0 fully saturated rings. The lowest BCUT2D eigenvalue weighted by atomic mass is 10.2. The number of hydrogen-bond acceptors (Lipinski definition) is 6. The fourth-order valence-corrected chi connectivity index (χ4v) is 2.18. The van der Waals surface area contributed by atoms with E-state index in [1.54, 1.807) is 29.1 Å². The number of H-pyrrole nitrogens is 2. The van der Waals surface area contributed by atoms with E-state index < -0.39 is 12.6 Å². The van der Waals surface area contributed by atoms with E-state index in [1.807, 2.05) is 0 Å². The smallest absolute Gasteiger partial charge is 0.389 e. The van der Waals surface area contributed by atoms with E-state index in [0.29, 0.717) is 22.9 Å². The van der Waals surface area contributed by atoms with Crippen LogP contribution >= 0.6 is 0 Å². The first-order chi connectivity index (χ1) is 11.2. The second-order valence-corrected chi connectivity index (χ2v) is 4.41. The number of hydrogen-bond donors (Lipinski definition) is 2. The van der Waals surface area contributed by atoms with Crippen molar-refractivity contribution in [1.29, 1.82) is 0 Å². The summed E-state index contributed by atoms with van der Waals surface area (Å²) in [6, 6.07) is 1.28. The fourth-order valence-electron chi connectivity index (χ4n) is 2.18. The van der Waals surface area contributed by atoms with Gasteiger partial charge in [-0.25, -0.2) is 15.0 Å². The molecular formula is C12H8F2N8O. The van der Waals surface area contributed by atoms with E-state index in [2.05, 4.69) is 39.9 Å². The van der Waals surface area contributed by atoms with Crippen LogP contribution < -0.4 is 4.74 Å². The molecule has 4 heterocycles. The van der Waals surface area contributed by atoms with E-state index >= 15 is 0 Å². The molecule has 11 heteroatoms. The lowest BCUT2D eigenvalue weighted by Gasteiger charge is -1.99. The van der Waals surface area contributed by atoms with Crippen LogP contribution in [0, 0.1) is 0 Å². The van der Waals surface area contributed by atoms with E-state index in [4.69, 9.17) is 0 Å². The number of alkyl halides is 2. The van der Waals surface area contributed by atoms with Crippen molar-refractivity contribution in [3.63, 3.8) is 0 Å². The van der Waals surface area contributed by atoms with Gasteiger partial charge in [0.05, 0.1) is 18.2 Å². The van der Waals surface area contributed by atoms with Gasteiger partial charge in [0, 0.05) is 12.4 Å². The molecule has 9 nitrogen and oxygen atoms in total. The topological polar surface area (TPSA) is 110 Å². The Hall–Kier alpha value is -3.37. The zero-order valence-corrected chi connectivity index (χ0v) is 11.3. The Morgan fingerprint density at radius 2 is 2.17 bits per heavy atom. The van der Waals surface area contributed by atoms with Crippen LogP contribution in [0.5, 0.6) is 6.01 Å². The molecule has 0 aliphatic heterocycles. The third-order valence-electron chi connectivity index (χ3n) is 3.04. The SMILES string of the molecule is FC(F)Oc1n[nH]c(-c2nc3ncccn3c2-c2cnc[nH]2)n1. The Balaban J connectivity index is 1.89. The van der Waals surface area contributed by atoms with Crippen molar-refractivity contribution in [3.8, 4) is 28.9 Å². The van der Waals surface area contributed by atoms with Crippen LogP contribution in [0.15, 0.2) is 31.0 Å². The normalized spacial score (nSPS) is 11.4. The number of aromatic nitrogens is 8. The van der Waals surface area contributed by atoms with Gasteiger partial charge in [0.25, 0.3) is 0 Å². The number of rotatable bonds is 4. The molecule has 0 aromatic carbocycles. The fraction of sp³-hybridized carbons (Fsp3) is 0.0833. The highest BCUT2D eigenvalue weighted by molar-refractivity contribution is 5.76. The summed E-state index contributed by atoms with van der Waals surface area (Å²) in [5.41, 5.74) is 1.66. The highest BCUT2D eigenvalue weighted by Gasteiger charge is 2.21. The van der Waals surface area contributed by atoms with Crippen molar-refractivity contribution in [2.24, 2.45) is 0 Å². The summed E-state index contributed by atoms with van der Waals surface area (Å²) >= 11 is 0. The Kier molecular flexibility index (Phi) is 2.96. The van der Waals surface area contributed by atoms with Gasteiger partial charge in [0.2, 0.25) is 5.78 Å². The van der Waals surface area contributed by atoms with Crippen molar-refractivity contribution >= 4 is 5.78 Å². The van der Waals surface area contributed by atoms with Crippen molar-refractivity contribution in [1.82, 2.24) is 39.5 Å². The highest BCUT2D eigenvalue weighted by Crippen LogP contribution is 2.29. The molecule has 4 aromatic heterocycles. The first-order valence-electron chi connectivity index (χ1n) is 6.42. The molecule has 0 saturated heterocycles. The van der Waals surface area contributed by atoms with Crippen LogP contribution in [0.1, 0.15) is 0 Å². The van der Waals surface area contributed by atoms with Gasteiger partial charge in [0.1, 0.15) is 11.4 Å². The van der Waals surface area contributed by atoms with Gasteiger partial charge in [-0.1, -0.05) is 0 Å². The molecule has 116 valence electrons. The number of imidazole rings is 2. The molecule has 0 unspecified atom stereocenters.